The van der Waals surface area contributed by atoms with Crippen LogP contribution in [0.3, 0.4) is 0 Å². The maximum Gasteiger partial charge on any atom is 0.162 e. The van der Waals surface area contributed by atoms with Gasteiger partial charge in [0.05, 0.1) is 0 Å². The fourth-order valence-corrected chi connectivity index (χ4v) is 1.38. The van der Waals surface area contributed by atoms with E-state index >= 15 is 0 Å². The SMILES string of the molecule is N#Cc1ncccc1COc1ccc(F)c(F)c1. The van der Waals surface area contributed by atoms with Crippen LogP contribution in [0, 0.1) is 23.0 Å². The molecule has 0 spiro atoms. The van der Waals surface area contributed by atoms with Gasteiger partial charge in [-0.05, 0) is 18.2 Å². The average molecular weight is 246 g/mol. The molecule has 2 rings (SSSR count). The van der Waals surface area contributed by atoms with E-state index in [9.17, 15) is 8.78 Å². The predicted octanol–water partition coefficient (Wildman–Crippen LogP) is 2.81. The van der Waals surface area contributed by atoms with Gasteiger partial charge in [-0.3, -0.25) is 0 Å². The van der Waals surface area contributed by atoms with E-state index in [1.165, 1.54) is 12.3 Å². The molecule has 0 unspecified atom stereocenters. The number of ether oxygens (including phenoxy) is 1. The van der Waals surface area contributed by atoms with Crippen molar-refractivity contribution in [2.24, 2.45) is 0 Å². The van der Waals surface area contributed by atoms with Crippen molar-refractivity contribution in [2.75, 3.05) is 0 Å². The Morgan fingerprint density at radius 1 is 1.22 bits per heavy atom. The molecule has 5 heteroatoms. The van der Waals surface area contributed by atoms with Crippen LogP contribution >= 0.6 is 0 Å². The number of nitrogens with zero attached hydrogens (tertiary/aromatic N) is 2. The van der Waals surface area contributed by atoms with E-state index in [0.717, 1.165) is 12.1 Å². The summed E-state index contributed by atoms with van der Waals surface area (Å²) in [5, 5.41) is 8.82. The van der Waals surface area contributed by atoms with Gasteiger partial charge in [-0.15, -0.1) is 0 Å². The first kappa shape index (κ1) is 12.0. The summed E-state index contributed by atoms with van der Waals surface area (Å²) < 4.78 is 30.9. The lowest BCUT2D eigenvalue weighted by Crippen LogP contribution is -2.00. The highest BCUT2D eigenvalue weighted by molar-refractivity contribution is 5.31. The lowest BCUT2D eigenvalue weighted by atomic mass is 10.2. The van der Waals surface area contributed by atoms with Gasteiger partial charge in [-0.1, -0.05) is 6.07 Å². The van der Waals surface area contributed by atoms with E-state index < -0.39 is 11.6 Å². The molecular weight excluding hydrogens is 238 g/mol. The van der Waals surface area contributed by atoms with Crippen molar-refractivity contribution in [1.82, 2.24) is 4.98 Å². The van der Waals surface area contributed by atoms with Gasteiger partial charge in [0.15, 0.2) is 11.6 Å². The Morgan fingerprint density at radius 2 is 2.06 bits per heavy atom. The summed E-state index contributed by atoms with van der Waals surface area (Å²) in [6, 6.07) is 8.55. The van der Waals surface area contributed by atoms with Crippen molar-refractivity contribution in [3.05, 3.63) is 59.4 Å². The van der Waals surface area contributed by atoms with Crippen molar-refractivity contribution in [1.29, 1.82) is 5.26 Å². The first-order valence-corrected chi connectivity index (χ1v) is 5.12. The van der Waals surface area contributed by atoms with Gasteiger partial charge in [-0.25, -0.2) is 13.8 Å². The van der Waals surface area contributed by atoms with Gasteiger partial charge in [0.2, 0.25) is 0 Å². The number of aromatic nitrogens is 1. The predicted molar refractivity (Wildman–Crippen MR) is 59.6 cm³/mol. The number of nitriles is 1. The molecule has 2 aromatic rings. The molecule has 18 heavy (non-hydrogen) atoms. The van der Waals surface area contributed by atoms with Gasteiger partial charge in [-0.2, -0.15) is 5.26 Å². The Hall–Kier alpha value is -2.48. The summed E-state index contributed by atoms with van der Waals surface area (Å²) in [4.78, 5) is 3.87. The van der Waals surface area contributed by atoms with E-state index in [1.54, 1.807) is 12.1 Å². The molecule has 0 saturated carbocycles. The monoisotopic (exact) mass is 246 g/mol. The Labute approximate surface area is 102 Å². The van der Waals surface area contributed by atoms with Crippen LogP contribution in [-0.4, -0.2) is 4.98 Å². The third-order valence-electron chi connectivity index (χ3n) is 2.28. The van der Waals surface area contributed by atoms with Gasteiger partial charge >= 0.3 is 0 Å². The average Bonchev–Trinajstić information content (AvgIpc) is 2.40. The highest BCUT2D eigenvalue weighted by atomic mass is 19.2. The summed E-state index contributed by atoms with van der Waals surface area (Å²) in [6.45, 7) is 0.0712. The fraction of sp³-hybridized carbons (Fsp3) is 0.0769. The van der Waals surface area contributed by atoms with Gasteiger partial charge in [0.1, 0.15) is 24.1 Å². The molecule has 0 radical (unpaired) electrons. The zero-order valence-corrected chi connectivity index (χ0v) is 9.23. The Bertz CT molecular complexity index is 608. The van der Waals surface area contributed by atoms with Crippen LogP contribution in [0.4, 0.5) is 8.78 Å². The minimum atomic E-state index is -0.973. The molecule has 1 aromatic heterocycles. The van der Waals surface area contributed by atoms with Crippen molar-refractivity contribution < 1.29 is 13.5 Å². The zero-order valence-electron chi connectivity index (χ0n) is 9.23. The Morgan fingerprint density at radius 3 is 2.78 bits per heavy atom. The lowest BCUT2D eigenvalue weighted by molar-refractivity contribution is 0.302. The van der Waals surface area contributed by atoms with Crippen molar-refractivity contribution in [3.63, 3.8) is 0 Å². The molecule has 0 saturated heterocycles. The van der Waals surface area contributed by atoms with Crippen LogP contribution in [0.25, 0.3) is 0 Å². The molecule has 1 heterocycles. The summed E-state index contributed by atoms with van der Waals surface area (Å²) in [7, 11) is 0. The number of rotatable bonds is 3. The fourth-order valence-electron chi connectivity index (χ4n) is 1.38. The number of hydrogen-bond acceptors (Lipinski definition) is 3. The summed E-state index contributed by atoms with van der Waals surface area (Å²) in [6.07, 6.45) is 1.50. The van der Waals surface area contributed by atoms with Crippen LogP contribution in [0.1, 0.15) is 11.3 Å². The summed E-state index contributed by atoms with van der Waals surface area (Å²) in [5.74, 6) is -1.71. The number of pyridine rings is 1. The smallest absolute Gasteiger partial charge is 0.162 e. The van der Waals surface area contributed by atoms with Crippen molar-refractivity contribution in [2.45, 2.75) is 6.61 Å². The standard InChI is InChI=1S/C13H8F2N2O/c14-11-4-3-10(6-12(11)15)18-8-9-2-1-5-17-13(9)7-16/h1-6H,8H2. The second kappa shape index (κ2) is 5.23. The summed E-state index contributed by atoms with van der Waals surface area (Å²) in [5.41, 5.74) is 0.838. The normalized spacial score (nSPS) is 9.83. The molecule has 90 valence electrons. The third-order valence-corrected chi connectivity index (χ3v) is 2.28. The van der Waals surface area contributed by atoms with Crippen LogP contribution in [0.2, 0.25) is 0 Å². The van der Waals surface area contributed by atoms with Gasteiger partial charge in [0.25, 0.3) is 0 Å². The minimum Gasteiger partial charge on any atom is -0.489 e. The second-order valence-electron chi connectivity index (χ2n) is 3.49. The molecule has 0 aliphatic rings. The van der Waals surface area contributed by atoms with E-state index in [2.05, 4.69) is 4.98 Å². The molecule has 0 amide bonds. The molecular formula is C13H8F2N2O. The zero-order chi connectivity index (χ0) is 13.0. The molecule has 1 aromatic carbocycles. The Kier molecular flexibility index (Phi) is 3.49. The molecule has 0 aliphatic heterocycles. The number of benzene rings is 1. The van der Waals surface area contributed by atoms with Crippen LogP contribution in [-0.2, 0) is 6.61 Å². The number of halogens is 2. The quantitative estimate of drug-likeness (QED) is 0.836. The van der Waals surface area contributed by atoms with E-state index in [0.29, 0.717) is 5.56 Å². The maximum atomic E-state index is 12.9. The van der Waals surface area contributed by atoms with Crippen LogP contribution < -0.4 is 4.74 Å². The number of hydrogen-bond donors (Lipinski definition) is 0. The first-order chi connectivity index (χ1) is 8.70. The van der Waals surface area contributed by atoms with E-state index in [4.69, 9.17) is 10.00 Å². The second-order valence-corrected chi connectivity index (χ2v) is 3.49. The van der Waals surface area contributed by atoms with E-state index in [1.807, 2.05) is 6.07 Å². The molecule has 0 N–H and O–H groups in total. The highest BCUT2D eigenvalue weighted by Crippen LogP contribution is 2.17. The molecule has 0 fully saturated rings. The van der Waals surface area contributed by atoms with Gasteiger partial charge < -0.3 is 4.74 Å². The molecule has 0 bridgehead atoms. The lowest BCUT2D eigenvalue weighted by Gasteiger charge is -2.07. The van der Waals surface area contributed by atoms with Crippen molar-refractivity contribution >= 4 is 0 Å². The van der Waals surface area contributed by atoms with Gasteiger partial charge in [0, 0.05) is 17.8 Å². The molecule has 3 nitrogen and oxygen atoms in total. The third kappa shape index (κ3) is 2.61. The largest absolute Gasteiger partial charge is 0.489 e. The van der Waals surface area contributed by atoms with Crippen LogP contribution in [0.15, 0.2) is 36.5 Å². The highest BCUT2D eigenvalue weighted by Gasteiger charge is 2.06. The summed E-state index contributed by atoms with van der Waals surface area (Å²) >= 11 is 0. The molecule has 0 aliphatic carbocycles. The molecule has 0 atom stereocenters. The van der Waals surface area contributed by atoms with Crippen LogP contribution in [0.5, 0.6) is 5.75 Å². The topological polar surface area (TPSA) is 45.9 Å². The van der Waals surface area contributed by atoms with Crippen molar-refractivity contribution in [3.8, 4) is 11.8 Å². The first-order valence-electron chi connectivity index (χ1n) is 5.12. The Balaban J connectivity index is 2.12. The minimum absolute atomic E-state index is 0.0712. The maximum absolute atomic E-state index is 12.9. The van der Waals surface area contributed by atoms with E-state index in [-0.39, 0.29) is 18.1 Å².